The van der Waals surface area contributed by atoms with Gasteiger partial charge in [-0.05, 0) is 6.42 Å². The highest BCUT2D eigenvalue weighted by atomic mass is 16.2. The van der Waals surface area contributed by atoms with Crippen LogP contribution in [0.25, 0.3) is 0 Å². The molecule has 0 bridgehead atoms. The molecular weight excluding hydrogens is 232 g/mol. The molecule has 0 aromatic rings. The van der Waals surface area contributed by atoms with Gasteiger partial charge in [0.15, 0.2) is 0 Å². The Kier molecular flexibility index (Phi) is 4.06. The van der Waals surface area contributed by atoms with Crippen molar-refractivity contribution in [1.29, 1.82) is 0 Å². The molecule has 0 saturated carbocycles. The van der Waals surface area contributed by atoms with Gasteiger partial charge in [0.2, 0.25) is 5.91 Å². The molecule has 102 valence electrons. The van der Waals surface area contributed by atoms with Crippen LogP contribution in [0.2, 0.25) is 0 Å². The number of amides is 3. The van der Waals surface area contributed by atoms with Crippen LogP contribution >= 0.6 is 0 Å². The Labute approximate surface area is 107 Å². The van der Waals surface area contributed by atoms with E-state index in [9.17, 15) is 9.59 Å². The minimum absolute atomic E-state index is 0.0117. The Morgan fingerprint density at radius 2 is 2.33 bits per heavy atom. The van der Waals surface area contributed by atoms with Gasteiger partial charge in [-0.1, -0.05) is 19.8 Å². The minimum Gasteiger partial charge on any atom is -0.337 e. The van der Waals surface area contributed by atoms with Crippen molar-refractivity contribution in [1.82, 2.24) is 15.1 Å². The van der Waals surface area contributed by atoms with Crippen LogP contribution < -0.4 is 11.1 Å². The largest absolute Gasteiger partial charge is 0.337 e. The van der Waals surface area contributed by atoms with E-state index in [1.165, 1.54) is 0 Å². The van der Waals surface area contributed by atoms with E-state index in [4.69, 9.17) is 5.73 Å². The highest BCUT2D eigenvalue weighted by molar-refractivity contribution is 5.82. The van der Waals surface area contributed by atoms with E-state index in [-0.39, 0.29) is 24.0 Å². The van der Waals surface area contributed by atoms with Crippen molar-refractivity contribution in [2.75, 3.05) is 26.2 Å². The lowest BCUT2D eigenvalue weighted by atomic mass is 10.1. The number of urea groups is 1. The molecular formula is C12H22N4O2. The first kappa shape index (κ1) is 13.1. The number of carbonyl (C=O) groups excluding carboxylic acids is 2. The van der Waals surface area contributed by atoms with Gasteiger partial charge >= 0.3 is 6.03 Å². The monoisotopic (exact) mass is 254 g/mol. The number of unbranched alkanes of at least 4 members (excludes halogenated alkanes) is 1. The van der Waals surface area contributed by atoms with Crippen molar-refractivity contribution < 1.29 is 9.59 Å². The van der Waals surface area contributed by atoms with E-state index >= 15 is 0 Å². The molecule has 0 aliphatic carbocycles. The molecule has 0 aromatic carbocycles. The molecule has 6 nitrogen and oxygen atoms in total. The third-order valence-corrected chi connectivity index (χ3v) is 3.73. The molecule has 6 heteroatoms. The fraction of sp³-hybridized carbons (Fsp3) is 0.833. The lowest BCUT2D eigenvalue weighted by molar-refractivity contribution is -0.134. The van der Waals surface area contributed by atoms with Gasteiger partial charge in [0.25, 0.3) is 0 Å². The van der Waals surface area contributed by atoms with Crippen LogP contribution in [-0.2, 0) is 4.79 Å². The van der Waals surface area contributed by atoms with Gasteiger partial charge in [-0.2, -0.15) is 0 Å². The molecule has 3 N–H and O–H groups in total. The maximum absolute atomic E-state index is 12.2. The maximum Gasteiger partial charge on any atom is 0.317 e. The van der Waals surface area contributed by atoms with Crippen molar-refractivity contribution >= 4 is 11.9 Å². The van der Waals surface area contributed by atoms with Crippen molar-refractivity contribution in [3.8, 4) is 0 Å². The summed E-state index contributed by atoms with van der Waals surface area (Å²) >= 11 is 0. The third kappa shape index (κ3) is 2.58. The molecule has 2 rings (SSSR count). The topological polar surface area (TPSA) is 78.7 Å². The highest BCUT2D eigenvalue weighted by Crippen LogP contribution is 2.15. The minimum atomic E-state index is -0.387. The zero-order chi connectivity index (χ0) is 13.1. The lowest BCUT2D eigenvalue weighted by Crippen LogP contribution is -2.56. The van der Waals surface area contributed by atoms with E-state index in [2.05, 4.69) is 12.2 Å². The van der Waals surface area contributed by atoms with Crippen LogP contribution in [0, 0.1) is 0 Å². The fourth-order valence-electron chi connectivity index (χ4n) is 2.59. The Hall–Kier alpha value is -1.30. The van der Waals surface area contributed by atoms with Gasteiger partial charge in [0.05, 0.1) is 12.1 Å². The molecule has 18 heavy (non-hydrogen) atoms. The molecule has 0 aromatic heterocycles. The van der Waals surface area contributed by atoms with E-state index in [0.717, 1.165) is 19.3 Å². The van der Waals surface area contributed by atoms with Crippen LogP contribution in [0.5, 0.6) is 0 Å². The van der Waals surface area contributed by atoms with E-state index in [1.807, 2.05) is 4.90 Å². The summed E-state index contributed by atoms with van der Waals surface area (Å²) in [4.78, 5) is 27.2. The zero-order valence-electron chi connectivity index (χ0n) is 10.9. The normalized spacial score (nSPS) is 24.8. The lowest BCUT2D eigenvalue weighted by Gasteiger charge is -2.37. The predicted molar refractivity (Wildman–Crippen MR) is 68.0 cm³/mol. The van der Waals surface area contributed by atoms with Crippen LogP contribution in [-0.4, -0.2) is 60.0 Å². The predicted octanol–water partition coefficient (Wildman–Crippen LogP) is -0.260. The van der Waals surface area contributed by atoms with Crippen molar-refractivity contribution in [2.45, 2.75) is 38.3 Å². The average Bonchev–Trinajstić information content (AvgIpc) is 2.76. The zero-order valence-corrected chi connectivity index (χ0v) is 10.9. The van der Waals surface area contributed by atoms with E-state index in [0.29, 0.717) is 26.2 Å². The van der Waals surface area contributed by atoms with Gasteiger partial charge in [-0.15, -0.1) is 0 Å². The standard InChI is InChI=1S/C12H22N4O2/c1-2-3-4-10(13)11(17)15-5-6-16-9(8-15)7-14-12(16)18/h9-10H,2-8,13H2,1H3,(H,14,18)/t9?,10-/m0/s1. The smallest absolute Gasteiger partial charge is 0.317 e. The number of carbonyl (C=O) groups is 2. The quantitative estimate of drug-likeness (QED) is 0.725. The first-order valence-electron chi connectivity index (χ1n) is 6.72. The Balaban J connectivity index is 1.87. The van der Waals surface area contributed by atoms with Crippen molar-refractivity contribution in [3.63, 3.8) is 0 Å². The van der Waals surface area contributed by atoms with Gasteiger partial charge in [-0.3, -0.25) is 4.79 Å². The van der Waals surface area contributed by atoms with Crippen molar-refractivity contribution in [3.05, 3.63) is 0 Å². The van der Waals surface area contributed by atoms with E-state index in [1.54, 1.807) is 4.90 Å². The number of nitrogens with one attached hydrogen (secondary N) is 1. The molecule has 2 atom stereocenters. The number of fused-ring (bicyclic) bond motifs is 1. The summed E-state index contributed by atoms with van der Waals surface area (Å²) < 4.78 is 0. The second-order valence-electron chi connectivity index (χ2n) is 5.07. The summed E-state index contributed by atoms with van der Waals surface area (Å²) in [6.45, 7) is 4.54. The third-order valence-electron chi connectivity index (χ3n) is 3.73. The first-order chi connectivity index (χ1) is 8.63. The number of piperazine rings is 1. The number of nitrogens with two attached hydrogens (primary N) is 1. The highest BCUT2D eigenvalue weighted by Gasteiger charge is 2.37. The molecule has 0 radical (unpaired) electrons. The average molecular weight is 254 g/mol. The summed E-state index contributed by atoms with van der Waals surface area (Å²) in [7, 11) is 0. The summed E-state index contributed by atoms with van der Waals surface area (Å²) in [6, 6.07) is -0.280. The fourth-order valence-corrected chi connectivity index (χ4v) is 2.59. The summed E-state index contributed by atoms with van der Waals surface area (Å²) in [6.07, 6.45) is 2.78. The van der Waals surface area contributed by atoms with Crippen LogP contribution in [0.15, 0.2) is 0 Å². The SMILES string of the molecule is CCCC[C@H](N)C(=O)N1CCN2C(=O)NCC2C1. The number of rotatable bonds is 4. The van der Waals surface area contributed by atoms with E-state index < -0.39 is 0 Å². The molecule has 3 amide bonds. The van der Waals surface area contributed by atoms with Crippen LogP contribution in [0.4, 0.5) is 4.79 Å². The Bertz CT molecular complexity index is 334. The molecule has 1 unspecified atom stereocenters. The van der Waals surface area contributed by atoms with Gasteiger partial charge in [0.1, 0.15) is 0 Å². The summed E-state index contributed by atoms with van der Waals surface area (Å²) in [5.74, 6) is 0.0300. The van der Waals surface area contributed by atoms with Gasteiger partial charge in [0, 0.05) is 26.2 Å². The van der Waals surface area contributed by atoms with Gasteiger partial charge in [-0.25, -0.2) is 4.79 Å². The molecule has 2 heterocycles. The number of hydrogen-bond acceptors (Lipinski definition) is 3. The first-order valence-corrected chi connectivity index (χ1v) is 6.72. The second-order valence-corrected chi connectivity index (χ2v) is 5.07. The molecule has 2 aliphatic rings. The summed E-state index contributed by atoms with van der Waals surface area (Å²) in [5, 5.41) is 2.80. The molecule has 0 spiro atoms. The molecule has 2 fully saturated rings. The molecule has 2 aliphatic heterocycles. The number of hydrogen-bond donors (Lipinski definition) is 2. The Morgan fingerprint density at radius 1 is 1.56 bits per heavy atom. The van der Waals surface area contributed by atoms with Crippen molar-refractivity contribution in [2.24, 2.45) is 5.73 Å². The second kappa shape index (κ2) is 5.56. The van der Waals surface area contributed by atoms with Gasteiger partial charge < -0.3 is 20.9 Å². The molecule has 2 saturated heterocycles. The van der Waals surface area contributed by atoms with Crippen LogP contribution in [0.3, 0.4) is 0 Å². The summed E-state index contributed by atoms with van der Waals surface area (Å²) in [5.41, 5.74) is 5.91. The maximum atomic E-state index is 12.2. The number of nitrogens with zero attached hydrogens (tertiary/aromatic N) is 2. The van der Waals surface area contributed by atoms with Crippen LogP contribution in [0.1, 0.15) is 26.2 Å². The Morgan fingerprint density at radius 3 is 3.06 bits per heavy atom.